The Kier molecular flexibility index (Phi) is 4.32. The van der Waals surface area contributed by atoms with Gasteiger partial charge in [-0.2, -0.15) is 5.10 Å². The van der Waals surface area contributed by atoms with Gasteiger partial charge < -0.3 is 0 Å². The van der Waals surface area contributed by atoms with Gasteiger partial charge >= 0.3 is 0 Å². The van der Waals surface area contributed by atoms with Crippen molar-refractivity contribution in [2.24, 2.45) is 0 Å². The Bertz CT molecular complexity index is 796. The van der Waals surface area contributed by atoms with Crippen molar-refractivity contribution in [1.82, 2.24) is 14.8 Å². The van der Waals surface area contributed by atoms with Gasteiger partial charge in [0.1, 0.15) is 31.4 Å². The summed E-state index contributed by atoms with van der Waals surface area (Å²) in [4.78, 5) is 4.36. The van der Waals surface area contributed by atoms with E-state index < -0.39 is 8.07 Å². The normalized spacial score (nSPS) is 11.7. The molecule has 0 spiro atoms. The minimum atomic E-state index is -2.28. The third kappa shape index (κ3) is 3.14. The van der Waals surface area contributed by atoms with E-state index in [1.807, 2.05) is 42.8 Å². The molecule has 2 aromatic carbocycles. The molecular formula is C18H19F2N3Si. The van der Waals surface area contributed by atoms with Crippen LogP contribution in [0.2, 0.25) is 6.55 Å². The molecule has 0 aliphatic carbocycles. The Morgan fingerprint density at radius 2 is 1.33 bits per heavy atom. The summed E-state index contributed by atoms with van der Waals surface area (Å²) in [5.74, 6) is 1.04. The number of hydrogen-bond acceptors (Lipinski definition) is 2. The number of benzene rings is 2. The van der Waals surface area contributed by atoms with Crippen molar-refractivity contribution < 1.29 is 8.78 Å². The number of nitrogens with zero attached hydrogens (tertiary/aromatic N) is 3. The highest BCUT2D eigenvalue weighted by Gasteiger charge is 2.33. The quantitative estimate of drug-likeness (QED) is 0.682. The van der Waals surface area contributed by atoms with Gasteiger partial charge in [0.25, 0.3) is 0 Å². The van der Waals surface area contributed by atoms with Crippen molar-refractivity contribution in [2.75, 3.05) is 0 Å². The standard InChI is InChI=1S/C18H19F2N3Si/c1-13-21-14(2)23(22-13)12-24(3,17-8-4-15(19)5-9-17)18-10-6-16(20)7-11-18/h4-11H,12H2,1-3H3. The fraction of sp³-hybridized carbons (Fsp3) is 0.222. The second-order valence-electron chi connectivity index (χ2n) is 6.21. The van der Waals surface area contributed by atoms with Crippen molar-refractivity contribution in [1.29, 1.82) is 0 Å². The molecule has 0 amide bonds. The van der Waals surface area contributed by atoms with Crippen LogP contribution in [0.5, 0.6) is 0 Å². The fourth-order valence-electron chi connectivity index (χ4n) is 3.00. The largest absolute Gasteiger partial charge is 0.252 e. The molecule has 0 unspecified atom stereocenters. The first-order chi connectivity index (χ1) is 11.4. The maximum absolute atomic E-state index is 13.4. The van der Waals surface area contributed by atoms with Gasteiger partial charge in [0.15, 0.2) is 0 Å². The van der Waals surface area contributed by atoms with Crippen LogP contribution in [0.15, 0.2) is 48.5 Å². The first-order valence-corrected chi connectivity index (χ1v) is 10.5. The summed E-state index contributed by atoms with van der Waals surface area (Å²) in [5, 5.41) is 6.62. The molecule has 1 aromatic heterocycles. The summed E-state index contributed by atoms with van der Waals surface area (Å²) in [6, 6.07) is 13.2. The number of rotatable bonds is 4. The molecule has 0 N–H and O–H groups in total. The van der Waals surface area contributed by atoms with Crippen molar-refractivity contribution in [3.05, 3.63) is 71.8 Å². The molecule has 3 nitrogen and oxygen atoms in total. The summed E-state index contributed by atoms with van der Waals surface area (Å²) in [6.07, 6.45) is 0.664. The predicted molar refractivity (Wildman–Crippen MR) is 93.2 cm³/mol. The monoisotopic (exact) mass is 343 g/mol. The van der Waals surface area contributed by atoms with Gasteiger partial charge in [-0.25, -0.2) is 13.8 Å². The first-order valence-electron chi connectivity index (χ1n) is 7.78. The van der Waals surface area contributed by atoms with E-state index in [4.69, 9.17) is 0 Å². The van der Waals surface area contributed by atoms with Crippen molar-refractivity contribution in [2.45, 2.75) is 26.6 Å². The highest BCUT2D eigenvalue weighted by Crippen LogP contribution is 2.11. The maximum atomic E-state index is 13.4. The van der Waals surface area contributed by atoms with E-state index in [-0.39, 0.29) is 11.6 Å². The van der Waals surface area contributed by atoms with Gasteiger partial charge in [0.05, 0.1) is 0 Å². The number of aryl methyl sites for hydroxylation is 2. The zero-order chi connectivity index (χ0) is 17.3. The van der Waals surface area contributed by atoms with Crippen molar-refractivity contribution in [3.63, 3.8) is 0 Å². The average molecular weight is 343 g/mol. The van der Waals surface area contributed by atoms with Crippen LogP contribution in [-0.4, -0.2) is 22.8 Å². The molecule has 3 aromatic rings. The molecule has 24 heavy (non-hydrogen) atoms. The Morgan fingerprint density at radius 1 is 0.875 bits per heavy atom. The summed E-state index contributed by atoms with van der Waals surface area (Å²) in [6.45, 7) is 5.96. The van der Waals surface area contributed by atoms with Crippen LogP contribution in [-0.2, 0) is 6.17 Å². The third-order valence-electron chi connectivity index (χ3n) is 4.39. The molecule has 0 saturated carbocycles. The van der Waals surface area contributed by atoms with Gasteiger partial charge in [-0.3, -0.25) is 4.68 Å². The Morgan fingerprint density at radius 3 is 1.71 bits per heavy atom. The lowest BCUT2D eigenvalue weighted by molar-refractivity contribution is 0.628. The lowest BCUT2D eigenvalue weighted by Crippen LogP contribution is -2.59. The maximum Gasteiger partial charge on any atom is 0.147 e. The van der Waals surface area contributed by atoms with Crippen LogP contribution in [0.4, 0.5) is 8.78 Å². The van der Waals surface area contributed by atoms with Crippen LogP contribution < -0.4 is 10.4 Å². The van der Waals surface area contributed by atoms with Crippen LogP contribution in [0.1, 0.15) is 11.6 Å². The molecule has 0 atom stereocenters. The van der Waals surface area contributed by atoms with Crippen LogP contribution >= 0.6 is 0 Å². The topological polar surface area (TPSA) is 30.7 Å². The van der Waals surface area contributed by atoms with E-state index in [0.29, 0.717) is 6.17 Å². The number of hydrogen-bond donors (Lipinski definition) is 0. The van der Waals surface area contributed by atoms with Gasteiger partial charge in [-0.1, -0.05) is 41.2 Å². The van der Waals surface area contributed by atoms with E-state index in [1.54, 1.807) is 0 Å². The second-order valence-corrected chi connectivity index (χ2v) is 10.3. The summed E-state index contributed by atoms with van der Waals surface area (Å²) in [5.41, 5.74) is 0. The molecule has 0 bridgehead atoms. The zero-order valence-electron chi connectivity index (χ0n) is 13.9. The van der Waals surface area contributed by atoms with Crippen molar-refractivity contribution in [3.8, 4) is 0 Å². The number of aromatic nitrogens is 3. The molecule has 124 valence electrons. The Labute approximate surface area is 141 Å². The summed E-state index contributed by atoms with van der Waals surface area (Å²) >= 11 is 0. The van der Waals surface area contributed by atoms with Crippen LogP contribution in [0.25, 0.3) is 0 Å². The SMILES string of the molecule is Cc1nc(C)n(C[Si](C)(c2ccc(F)cc2)c2ccc(F)cc2)n1. The van der Waals surface area contributed by atoms with Gasteiger partial charge in [0, 0.05) is 6.17 Å². The molecule has 0 aliphatic rings. The zero-order valence-corrected chi connectivity index (χ0v) is 14.9. The molecule has 1 heterocycles. The van der Waals surface area contributed by atoms with E-state index in [2.05, 4.69) is 16.6 Å². The summed E-state index contributed by atoms with van der Waals surface area (Å²) < 4.78 is 28.6. The minimum Gasteiger partial charge on any atom is -0.252 e. The fourth-order valence-corrected chi connectivity index (χ4v) is 6.40. The summed E-state index contributed by atoms with van der Waals surface area (Å²) in [7, 11) is -2.28. The second kappa shape index (κ2) is 6.28. The van der Waals surface area contributed by atoms with E-state index in [9.17, 15) is 8.78 Å². The minimum absolute atomic E-state index is 0.262. The first kappa shape index (κ1) is 16.5. The van der Waals surface area contributed by atoms with Gasteiger partial charge in [-0.15, -0.1) is 0 Å². The van der Waals surface area contributed by atoms with Gasteiger partial charge in [0.2, 0.25) is 0 Å². The molecule has 3 rings (SSSR count). The van der Waals surface area contributed by atoms with Crippen LogP contribution in [0.3, 0.4) is 0 Å². The molecule has 0 fully saturated rings. The van der Waals surface area contributed by atoms with E-state index >= 15 is 0 Å². The van der Waals surface area contributed by atoms with E-state index in [0.717, 1.165) is 22.0 Å². The molecule has 0 aliphatic heterocycles. The molecular weight excluding hydrogens is 324 g/mol. The molecule has 0 radical (unpaired) electrons. The molecule has 6 heteroatoms. The lowest BCUT2D eigenvalue weighted by atomic mass is 10.3. The van der Waals surface area contributed by atoms with E-state index in [1.165, 1.54) is 24.3 Å². The predicted octanol–water partition coefficient (Wildman–Crippen LogP) is 2.61. The molecule has 0 saturated heterocycles. The van der Waals surface area contributed by atoms with Gasteiger partial charge in [-0.05, 0) is 38.1 Å². The Balaban J connectivity index is 2.10. The highest BCUT2D eigenvalue weighted by atomic mass is 28.3. The lowest BCUT2D eigenvalue weighted by Gasteiger charge is -2.29. The average Bonchev–Trinajstić information content (AvgIpc) is 2.85. The highest BCUT2D eigenvalue weighted by molar-refractivity contribution is 7.00. The van der Waals surface area contributed by atoms with Crippen LogP contribution in [0, 0.1) is 25.5 Å². The number of halogens is 2. The Hall–Kier alpha value is -2.34. The van der Waals surface area contributed by atoms with Crippen molar-refractivity contribution >= 4 is 18.4 Å². The third-order valence-corrected chi connectivity index (χ3v) is 8.54. The smallest absolute Gasteiger partial charge is 0.147 e.